The summed E-state index contributed by atoms with van der Waals surface area (Å²) in [6.45, 7) is 2.37. The summed E-state index contributed by atoms with van der Waals surface area (Å²) in [5.41, 5.74) is 7.48. The Bertz CT molecular complexity index is 676. The number of amides is 1. The van der Waals surface area contributed by atoms with Crippen molar-refractivity contribution in [3.8, 4) is 0 Å². The zero-order valence-corrected chi connectivity index (χ0v) is 12.2. The van der Waals surface area contributed by atoms with E-state index in [1.807, 2.05) is 6.92 Å². The normalized spacial score (nSPS) is 10.2. The Hall–Kier alpha value is -2.27. The van der Waals surface area contributed by atoms with E-state index in [0.717, 1.165) is 0 Å². The molecule has 0 aromatic heterocycles. The molecule has 110 valence electrons. The number of carbonyl (C=O) groups is 1. The molecule has 2 aromatic rings. The molecule has 0 spiro atoms. The van der Waals surface area contributed by atoms with Crippen LogP contribution in [0.15, 0.2) is 36.4 Å². The second-order valence-corrected chi connectivity index (χ2v) is 4.85. The van der Waals surface area contributed by atoms with Crippen LogP contribution in [0.1, 0.15) is 17.3 Å². The molecule has 2 rings (SSSR count). The number of anilines is 3. The second-order valence-electron chi connectivity index (χ2n) is 4.41. The number of nitrogens with one attached hydrogen (secondary N) is 2. The molecule has 2 aromatic carbocycles. The van der Waals surface area contributed by atoms with E-state index >= 15 is 0 Å². The van der Waals surface area contributed by atoms with Crippen molar-refractivity contribution in [1.82, 2.24) is 5.32 Å². The van der Waals surface area contributed by atoms with Gasteiger partial charge in [0.2, 0.25) is 0 Å². The van der Waals surface area contributed by atoms with E-state index < -0.39 is 5.82 Å². The van der Waals surface area contributed by atoms with Crippen LogP contribution in [0, 0.1) is 5.82 Å². The van der Waals surface area contributed by atoms with Crippen molar-refractivity contribution in [2.75, 3.05) is 17.6 Å². The van der Waals surface area contributed by atoms with Crippen molar-refractivity contribution in [2.24, 2.45) is 0 Å². The molecular formula is C15H15ClFN3O. The summed E-state index contributed by atoms with van der Waals surface area (Å²) in [4.78, 5) is 11.7. The lowest BCUT2D eigenvalue weighted by Gasteiger charge is -2.12. The van der Waals surface area contributed by atoms with Crippen LogP contribution in [0.2, 0.25) is 5.02 Å². The smallest absolute Gasteiger partial charge is 0.251 e. The Labute approximate surface area is 127 Å². The highest BCUT2D eigenvalue weighted by Gasteiger charge is 2.09. The summed E-state index contributed by atoms with van der Waals surface area (Å²) in [6, 6.07) is 9.11. The van der Waals surface area contributed by atoms with E-state index in [1.54, 1.807) is 24.3 Å². The number of benzene rings is 2. The Kier molecular flexibility index (Phi) is 4.65. The molecule has 0 saturated heterocycles. The fourth-order valence-corrected chi connectivity index (χ4v) is 1.98. The van der Waals surface area contributed by atoms with Gasteiger partial charge in [0.1, 0.15) is 5.82 Å². The van der Waals surface area contributed by atoms with Crippen LogP contribution in [0.25, 0.3) is 0 Å². The minimum atomic E-state index is -0.477. The average Bonchev–Trinajstić information content (AvgIpc) is 2.44. The van der Waals surface area contributed by atoms with Gasteiger partial charge in [0.25, 0.3) is 5.91 Å². The van der Waals surface area contributed by atoms with Gasteiger partial charge in [0, 0.05) is 17.1 Å². The van der Waals surface area contributed by atoms with Gasteiger partial charge >= 0.3 is 0 Å². The van der Waals surface area contributed by atoms with E-state index in [0.29, 0.717) is 28.5 Å². The van der Waals surface area contributed by atoms with E-state index in [-0.39, 0.29) is 11.6 Å². The molecule has 0 unspecified atom stereocenters. The van der Waals surface area contributed by atoms with Crippen LogP contribution < -0.4 is 16.4 Å². The molecule has 0 fully saturated rings. The van der Waals surface area contributed by atoms with Crippen LogP contribution in [-0.4, -0.2) is 12.5 Å². The summed E-state index contributed by atoms with van der Waals surface area (Å²) in [6.07, 6.45) is 0. The SMILES string of the molecule is CCNC(=O)c1ccc(Nc2ccc(Cl)cc2F)c(N)c1. The molecule has 0 radical (unpaired) electrons. The quantitative estimate of drug-likeness (QED) is 0.757. The van der Waals surface area contributed by atoms with E-state index in [2.05, 4.69) is 10.6 Å². The number of rotatable bonds is 4. The topological polar surface area (TPSA) is 67.2 Å². The van der Waals surface area contributed by atoms with Gasteiger partial charge in [-0.3, -0.25) is 4.79 Å². The minimum Gasteiger partial charge on any atom is -0.397 e. The molecule has 0 saturated carbocycles. The summed E-state index contributed by atoms with van der Waals surface area (Å²) in [7, 11) is 0. The predicted octanol–water partition coefficient (Wildman–Crippen LogP) is 3.55. The van der Waals surface area contributed by atoms with Gasteiger partial charge in [-0.15, -0.1) is 0 Å². The maximum Gasteiger partial charge on any atom is 0.251 e. The van der Waals surface area contributed by atoms with Crippen LogP contribution in [0.3, 0.4) is 0 Å². The van der Waals surface area contributed by atoms with Gasteiger partial charge in [0.05, 0.1) is 17.1 Å². The van der Waals surface area contributed by atoms with E-state index in [4.69, 9.17) is 17.3 Å². The maximum absolute atomic E-state index is 13.7. The minimum absolute atomic E-state index is 0.201. The summed E-state index contributed by atoms with van der Waals surface area (Å²) in [5.74, 6) is -0.678. The molecular weight excluding hydrogens is 293 g/mol. The molecule has 21 heavy (non-hydrogen) atoms. The van der Waals surface area contributed by atoms with Crippen molar-refractivity contribution in [3.05, 3.63) is 52.8 Å². The lowest BCUT2D eigenvalue weighted by Crippen LogP contribution is -2.22. The molecule has 0 heterocycles. The van der Waals surface area contributed by atoms with Crippen molar-refractivity contribution in [1.29, 1.82) is 0 Å². The lowest BCUT2D eigenvalue weighted by atomic mass is 10.1. The fourth-order valence-electron chi connectivity index (χ4n) is 1.82. The zero-order chi connectivity index (χ0) is 15.4. The van der Waals surface area contributed by atoms with Gasteiger partial charge < -0.3 is 16.4 Å². The number of nitrogen functional groups attached to an aromatic ring is 1. The van der Waals surface area contributed by atoms with Crippen molar-refractivity contribution >= 4 is 34.6 Å². The largest absolute Gasteiger partial charge is 0.397 e. The highest BCUT2D eigenvalue weighted by Crippen LogP contribution is 2.27. The zero-order valence-electron chi connectivity index (χ0n) is 11.4. The van der Waals surface area contributed by atoms with Gasteiger partial charge in [0.15, 0.2) is 0 Å². The van der Waals surface area contributed by atoms with Crippen molar-refractivity contribution < 1.29 is 9.18 Å². The molecule has 4 nitrogen and oxygen atoms in total. The van der Waals surface area contributed by atoms with Crippen LogP contribution in [-0.2, 0) is 0 Å². The molecule has 1 amide bonds. The fraction of sp³-hybridized carbons (Fsp3) is 0.133. The molecule has 6 heteroatoms. The molecule has 4 N–H and O–H groups in total. The van der Waals surface area contributed by atoms with Gasteiger partial charge in [-0.2, -0.15) is 0 Å². The lowest BCUT2D eigenvalue weighted by molar-refractivity contribution is 0.0956. The predicted molar refractivity (Wildman–Crippen MR) is 83.6 cm³/mol. The first-order chi connectivity index (χ1) is 10.0. The first-order valence-electron chi connectivity index (χ1n) is 6.41. The first-order valence-corrected chi connectivity index (χ1v) is 6.79. The number of nitrogens with two attached hydrogens (primary N) is 1. The van der Waals surface area contributed by atoms with Crippen molar-refractivity contribution in [3.63, 3.8) is 0 Å². The first kappa shape index (κ1) is 15.1. The number of carbonyl (C=O) groups excluding carboxylic acids is 1. The summed E-state index contributed by atoms with van der Waals surface area (Å²) < 4.78 is 13.7. The molecule has 0 atom stereocenters. The Balaban J connectivity index is 2.23. The highest BCUT2D eigenvalue weighted by atomic mass is 35.5. The number of hydrogen-bond acceptors (Lipinski definition) is 3. The van der Waals surface area contributed by atoms with Gasteiger partial charge in [-0.05, 0) is 43.3 Å². The summed E-state index contributed by atoms with van der Waals surface area (Å²) >= 11 is 5.70. The average molecular weight is 308 g/mol. The van der Waals surface area contributed by atoms with Crippen molar-refractivity contribution in [2.45, 2.75) is 6.92 Å². The second kappa shape index (κ2) is 6.45. The van der Waals surface area contributed by atoms with Crippen LogP contribution in [0.4, 0.5) is 21.5 Å². The molecule has 0 bridgehead atoms. The standard InChI is InChI=1S/C15H15ClFN3O/c1-2-19-15(21)9-3-5-14(12(18)7-9)20-13-6-4-10(16)8-11(13)17/h3-8,20H,2,18H2,1H3,(H,19,21). The molecule has 0 aliphatic heterocycles. The van der Waals surface area contributed by atoms with E-state index in [9.17, 15) is 9.18 Å². The van der Waals surface area contributed by atoms with Crippen LogP contribution >= 0.6 is 11.6 Å². The van der Waals surface area contributed by atoms with Crippen LogP contribution in [0.5, 0.6) is 0 Å². The monoisotopic (exact) mass is 307 g/mol. The Morgan fingerprint density at radius 2 is 1.95 bits per heavy atom. The number of hydrogen-bond donors (Lipinski definition) is 3. The Morgan fingerprint density at radius 1 is 1.24 bits per heavy atom. The third-order valence-electron chi connectivity index (χ3n) is 2.85. The Morgan fingerprint density at radius 3 is 2.57 bits per heavy atom. The van der Waals surface area contributed by atoms with Gasteiger partial charge in [-0.25, -0.2) is 4.39 Å². The van der Waals surface area contributed by atoms with E-state index in [1.165, 1.54) is 12.1 Å². The van der Waals surface area contributed by atoms with Gasteiger partial charge in [-0.1, -0.05) is 11.6 Å². The summed E-state index contributed by atoms with van der Waals surface area (Å²) in [5, 5.41) is 5.88. The molecule has 0 aliphatic rings. The highest BCUT2D eigenvalue weighted by molar-refractivity contribution is 6.30. The third-order valence-corrected chi connectivity index (χ3v) is 3.09. The molecule has 0 aliphatic carbocycles. The number of halogens is 2. The maximum atomic E-state index is 13.7. The third kappa shape index (κ3) is 3.64.